The molecule has 1 aliphatic carbocycles. The third kappa shape index (κ3) is 4.04. The monoisotopic (exact) mass is 302 g/mol. The molecule has 0 aromatic heterocycles. The minimum absolute atomic E-state index is 0.0958. The van der Waals surface area contributed by atoms with Crippen molar-refractivity contribution in [3.8, 4) is 0 Å². The Kier molecular flexibility index (Phi) is 5.55. The maximum atomic E-state index is 4.46. The van der Waals surface area contributed by atoms with Crippen molar-refractivity contribution >= 4 is 0 Å². The van der Waals surface area contributed by atoms with E-state index in [2.05, 4.69) is 69.2 Å². The van der Waals surface area contributed by atoms with Crippen LogP contribution in [0.5, 0.6) is 0 Å². The summed E-state index contributed by atoms with van der Waals surface area (Å²) in [5.41, 5.74) is 2.86. The number of hydrogen-bond donors (Lipinski definition) is 0. The van der Waals surface area contributed by atoms with Gasteiger partial charge in [-0.3, -0.25) is 4.90 Å². The number of nitrogens with zero attached hydrogens (tertiary/aromatic N) is 2. The van der Waals surface area contributed by atoms with Crippen molar-refractivity contribution in [1.29, 1.82) is 0 Å². The van der Waals surface area contributed by atoms with Gasteiger partial charge in [0.05, 0.1) is 0 Å². The summed E-state index contributed by atoms with van der Waals surface area (Å²) in [6.45, 7) is 21.7. The maximum absolute atomic E-state index is 4.46. The zero-order chi connectivity index (χ0) is 16.3. The van der Waals surface area contributed by atoms with Crippen molar-refractivity contribution in [2.45, 2.75) is 41.0 Å². The molecule has 1 heterocycles. The minimum atomic E-state index is 0.0958. The Balaban J connectivity index is 1.92. The van der Waals surface area contributed by atoms with Crippen molar-refractivity contribution in [1.82, 2.24) is 9.80 Å². The topological polar surface area (TPSA) is 6.48 Å². The van der Waals surface area contributed by atoms with Crippen molar-refractivity contribution in [2.75, 3.05) is 32.7 Å². The highest BCUT2D eigenvalue weighted by atomic mass is 15.3. The zero-order valence-electron chi connectivity index (χ0n) is 15.2. The summed E-state index contributed by atoms with van der Waals surface area (Å²) in [5, 5.41) is 0. The Morgan fingerprint density at radius 3 is 2.27 bits per heavy atom. The van der Waals surface area contributed by atoms with Crippen molar-refractivity contribution in [3.05, 3.63) is 36.1 Å². The molecule has 0 N–H and O–H groups in total. The molecule has 1 aliphatic heterocycles. The first-order chi connectivity index (χ1) is 10.3. The van der Waals surface area contributed by atoms with Gasteiger partial charge in [0.25, 0.3) is 0 Å². The lowest BCUT2D eigenvalue weighted by molar-refractivity contribution is 0.131. The van der Waals surface area contributed by atoms with Crippen LogP contribution in [-0.4, -0.2) is 42.5 Å². The molecule has 22 heavy (non-hydrogen) atoms. The fourth-order valence-corrected chi connectivity index (χ4v) is 3.47. The SMILES string of the molecule is C=C(N1CCN(CC(C)C)CC1)C1(C)C=CC(C(C)C)=CC1. The summed E-state index contributed by atoms with van der Waals surface area (Å²) in [4.78, 5) is 5.10. The summed E-state index contributed by atoms with van der Waals surface area (Å²) in [5.74, 6) is 1.38. The first-order valence-electron chi connectivity index (χ1n) is 8.88. The number of piperazine rings is 1. The average Bonchev–Trinajstić information content (AvgIpc) is 2.47. The van der Waals surface area contributed by atoms with Gasteiger partial charge < -0.3 is 4.90 Å². The van der Waals surface area contributed by atoms with Crippen molar-refractivity contribution < 1.29 is 0 Å². The van der Waals surface area contributed by atoms with E-state index in [0.29, 0.717) is 5.92 Å². The third-order valence-electron chi connectivity index (χ3n) is 5.11. The lowest BCUT2D eigenvalue weighted by Crippen LogP contribution is -2.48. The van der Waals surface area contributed by atoms with Crippen LogP contribution in [0.15, 0.2) is 36.1 Å². The van der Waals surface area contributed by atoms with E-state index in [9.17, 15) is 0 Å². The van der Waals surface area contributed by atoms with E-state index >= 15 is 0 Å². The largest absolute Gasteiger partial charge is 0.372 e. The molecule has 0 aromatic carbocycles. The lowest BCUT2D eigenvalue weighted by Gasteiger charge is -2.43. The molecule has 0 radical (unpaired) electrons. The lowest BCUT2D eigenvalue weighted by atomic mass is 9.77. The Bertz CT molecular complexity index is 450. The average molecular weight is 303 g/mol. The Hall–Kier alpha value is -1.02. The number of hydrogen-bond acceptors (Lipinski definition) is 2. The number of allylic oxidation sites excluding steroid dienone is 4. The molecular weight excluding hydrogens is 268 g/mol. The van der Waals surface area contributed by atoms with Crippen LogP contribution in [0.1, 0.15) is 41.0 Å². The quantitative estimate of drug-likeness (QED) is 0.746. The Morgan fingerprint density at radius 2 is 1.82 bits per heavy atom. The van der Waals surface area contributed by atoms with Gasteiger partial charge in [0, 0.05) is 43.8 Å². The second-order valence-corrected chi connectivity index (χ2v) is 7.94. The molecule has 124 valence electrons. The highest BCUT2D eigenvalue weighted by Gasteiger charge is 2.31. The highest BCUT2D eigenvalue weighted by molar-refractivity contribution is 5.32. The molecule has 2 aliphatic rings. The van der Waals surface area contributed by atoms with E-state index in [0.717, 1.165) is 25.4 Å². The molecule has 0 bridgehead atoms. The molecule has 0 amide bonds. The van der Waals surface area contributed by atoms with E-state index in [-0.39, 0.29) is 5.41 Å². The molecule has 2 heteroatoms. The molecule has 2 nitrogen and oxygen atoms in total. The Labute approximate surface area is 137 Å². The molecule has 1 saturated heterocycles. The van der Waals surface area contributed by atoms with Gasteiger partial charge in [-0.15, -0.1) is 0 Å². The normalized spacial score (nSPS) is 26.7. The van der Waals surface area contributed by atoms with Crippen LogP contribution in [0.3, 0.4) is 0 Å². The summed E-state index contributed by atoms with van der Waals surface area (Å²) in [7, 11) is 0. The van der Waals surface area contributed by atoms with Crippen LogP contribution >= 0.6 is 0 Å². The molecule has 0 spiro atoms. The molecule has 0 saturated carbocycles. The van der Waals surface area contributed by atoms with E-state index in [1.807, 2.05) is 0 Å². The molecule has 1 atom stereocenters. The number of rotatable bonds is 5. The van der Waals surface area contributed by atoms with Crippen LogP contribution in [0.2, 0.25) is 0 Å². The predicted molar refractivity (Wildman–Crippen MR) is 96.8 cm³/mol. The molecular formula is C20H34N2. The third-order valence-corrected chi connectivity index (χ3v) is 5.11. The second kappa shape index (κ2) is 7.04. The fraction of sp³-hybridized carbons (Fsp3) is 0.700. The van der Waals surface area contributed by atoms with Gasteiger partial charge >= 0.3 is 0 Å². The van der Waals surface area contributed by atoms with E-state index in [4.69, 9.17) is 0 Å². The van der Waals surface area contributed by atoms with Gasteiger partial charge in [0.1, 0.15) is 0 Å². The van der Waals surface area contributed by atoms with Gasteiger partial charge in [0.2, 0.25) is 0 Å². The highest BCUT2D eigenvalue weighted by Crippen LogP contribution is 2.39. The molecule has 1 fully saturated rings. The summed E-state index contributed by atoms with van der Waals surface area (Å²) < 4.78 is 0. The van der Waals surface area contributed by atoms with E-state index in [1.165, 1.54) is 30.9 Å². The fourth-order valence-electron chi connectivity index (χ4n) is 3.47. The zero-order valence-corrected chi connectivity index (χ0v) is 15.2. The van der Waals surface area contributed by atoms with E-state index in [1.54, 1.807) is 0 Å². The van der Waals surface area contributed by atoms with Crippen LogP contribution in [-0.2, 0) is 0 Å². The van der Waals surface area contributed by atoms with Gasteiger partial charge in [-0.1, -0.05) is 59.4 Å². The van der Waals surface area contributed by atoms with Gasteiger partial charge in [0.15, 0.2) is 0 Å². The molecule has 1 unspecified atom stereocenters. The smallest absolute Gasteiger partial charge is 0.0303 e. The minimum Gasteiger partial charge on any atom is -0.372 e. The summed E-state index contributed by atoms with van der Waals surface area (Å²) in [6.07, 6.45) is 8.19. The maximum Gasteiger partial charge on any atom is 0.0303 e. The van der Waals surface area contributed by atoms with E-state index < -0.39 is 0 Å². The van der Waals surface area contributed by atoms with Crippen LogP contribution in [0.25, 0.3) is 0 Å². The van der Waals surface area contributed by atoms with Gasteiger partial charge in [-0.25, -0.2) is 0 Å². The summed E-state index contributed by atoms with van der Waals surface area (Å²) in [6, 6.07) is 0. The molecule has 0 aromatic rings. The predicted octanol–water partition coefficient (Wildman–Crippen LogP) is 4.32. The molecule has 2 rings (SSSR count). The first kappa shape index (κ1) is 17.3. The Morgan fingerprint density at radius 1 is 1.18 bits per heavy atom. The van der Waals surface area contributed by atoms with Crippen LogP contribution < -0.4 is 0 Å². The first-order valence-corrected chi connectivity index (χ1v) is 8.88. The van der Waals surface area contributed by atoms with Gasteiger partial charge in [-0.05, 0) is 23.8 Å². The van der Waals surface area contributed by atoms with Crippen molar-refractivity contribution in [3.63, 3.8) is 0 Å². The van der Waals surface area contributed by atoms with Gasteiger partial charge in [-0.2, -0.15) is 0 Å². The second-order valence-electron chi connectivity index (χ2n) is 7.94. The van der Waals surface area contributed by atoms with Crippen molar-refractivity contribution in [2.24, 2.45) is 17.3 Å². The standard InChI is InChI=1S/C20H34N2/c1-16(2)15-21-11-13-22(14-12-21)18(5)20(6)9-7-19(8-10-20)17(3)4/h7-9,16-17H,5,10-15H2,1-4,6H3. The van der Waals surface area contributed by atoms with Crippen LogP contribution in [0.4, 0.5) is 0 Å². The van der Waals surface area contributed by atoms with Crippen LogP contribution in [0, 0.1) is 17.3 Å². The summed E-state index contributed by atoms with van der Waals surface area (Å²) >= 11 is 0.